The maximum atomic E-state index is 11.0. The van der Waals surface area contributed by atoms with Crippen LogP contribution in [-0.4, -0.2) is 15.6 Å². The molecule has 0 radical (unpaired) electrons. The molecule has 1 fully saturated rings. The Bertz CT molecular complexity index is 610. The fraction of sp³-hybridized carbons (Fsp3) is 0.438. The average Bonchev–Trinajstić information content (AvgIpc) is 2.75. The van der Waals surface area contributed by atoms with Gasteiger partial charge in [0.05, 0.1) is 5.92 Å². The number of benzene rings is 1. The van der Waals surface area contributed by atoms with Crippen molar-refractivity contribution in [2.45, 2.75) is 38.6 Å². The van der Waals surface area contributed by atoms with Crippen LogP contribution >= 0.6 is 0 Å². The molecule has 1 aliphatic carbocycles. The van der Waals surface area contributed by atoms with Gasteiger partial charge in [-0.05, 0) is 54.8 Å². The molecule has 100 valence electrons. The van der Waals surface area contributed by atoms with E-state index in [0.717, 1.165) is 23.4 Å². The number of nitrogens with zero attached hydrogens (tertiary/aromatic N) is 1. The number of fused-ring (bicyclic) bond motifs is 1. The molecule has 19 heavy (non-hydrogen) atoms. The molecule has 1 aromatic carbocycles. The van der Waals surface area contributed by atoms with E-state index in [1.54, 1.807) is 6.92 Å². The van der Waals surface area contributed by atoms with Crippen LogP contribution in [0, 0.1) is 5.92 Å². The lowest BCUT2D eigenvalue weighted by Gasteiger charge is -2.26. The van der Waals surface area contributed by atoms with Crippen LogP contribution in [0.5, 0.6) is 0 Å². The number of aromatic nitrogens is 1. The largest absolute Gasteiger partial charge is 0.481 e. The minimum atomic E-state index is -0.770. The van der Waals surface area contributed by atoms with Gasteiger partial charge < -0.3 is 9.67 Å². The van der Waals surface area contributed by atoms with Crippen molar-refractivity contribution in [1.29, 1.82) is 0 Å². The zero-order valence-electron chi connectivity index (χ0n) is 11.2. The van der Waals surface area contributed by atoms with E-state index in [-0.39, 0.29) is 0 Å². The molecule has 0 saturated heterocycles. The zero-order chi connectivity index (χ0) is 13.4. The van der Waals surface area contributed by atoms with E-state index in [4.69, 9.17) is 5.11 Å². The van der Waals surface area contributed by atoms with Crippen molar-refractivity contribution in [3.63, 3.8) is 0 Å². The quantitative estimate of drug-likeness (QED) is 0.908. The minimum Gasteiger partial charge on any atom is -0.481 e. The van der Waals surface area contributed by atoms with Gasteiger partial charge in [-0.25, -0.2) is 0 Å². The molecule has 0 spiro atoms. The molecule has 2 aromatic rings. The molecule has 1 N–H and O–H groups in total. The number of carboxylic acids is 1. The summed E-state index contributed by atoms with van der Waals surface area (Å²) in [5.41, 5.74) is 2.09. The first-order valence-corrected chi connectivity index (χ1v) is 6.97. The van der Waals surface area contributed by atoms with Gasteiger partial charge in [0.2, 0.25) is 0 Å². The predicted octanol–water partition coefficient (Wildman–Crippen LogP) is 3.63. The molecule has 0 amide bonds. The summed E-state index contributed by atoms with van der Waals surface area (Å²) in [6, 6.07) is 8.10. The Hall–Kier alpha value is -1.77. The SMILES string of the molecule is CC(C(=O)O)c1ccc2c(ccn2CC2CCC2)c1. The summed E-state index contributed by atoms with van der Waals surface area (Å²) in [5, 5.41) is 10.2. The fourth-order valence-corrected chi connectivity index (χ4v) is 2.74. The van der Waals surface area contributed by atoms with Crippen molar-refractivity contribution in [2.24, 2.45) is 5.92 Å². The van der Waals surface area contributed by atoms with Crippen LogP contribution in [0.1, 0.15) is 37.7 Å². The highest BCUT2D eigenvalue weighted by atomic mass is 16.4. The number of hydrogen-bond donors (Lipinski definition) is 1. The molecule has 1 atom stereocenters. The Labute approximate surface area is 112 Å². The number of rotatable bonds is 4. The molecule has 3 nitrogen and oxygen atoms in total. The summed E-state index contributed by atoms with van der Waals surface area (Å²) in [4.78, 5) is 11.0. The molecular formula is C16H19NO2. The Morgan fingerprint density at radius 2 is 2.21 bits per heavy atom. The molecule has 3 rings (SSSR count). The molecule has 0 aliphatic heterocycles. The summed E-state index contributed by atoms with van der Waals surface area (Å²) in [6.07, 6.45) is 6.17. The number of aliphatic carboxylic acids is 1. The molecule has 0 bridgehead atoms. The van der Waals surface area contributed by atoms with Crippen molar-refractivity contribution < 1.29 is 9.90 Å². The maximum Gasteiger partial charge on any atom is 0.310 e. The Kier molecular flexibility index (Phi) is 3.05. The van der Waals surface area contributed by atoms with E-state index in [1.807, 2.05) is 12.1 Å². The third kappa shape index (κ3) is 2.25. The van der Waals surface area contributed by atoms with Gasteiger partial charge in [0.25, 0.3) is 0 Å². The highest BCUT2D eigenvalue weighted by Crippen LogP contribution is 2.30. The normalized spacial score (nSPS) is 17.3. The highest BCUT2D eigenvalue weighted by Gasteiger charge is 2.19. The third-order valence-corrected chi connectivity index (χ3v) is 4.35. The first-order chi connectivity index (χ1) is 9.15. The summed E-state index contributed by atoms with van der Waals surface area (Å²) < 4.78 is 2.30. The first-order valence-electron chi connectivity index (χ1n) is 6.97. The number of hydrogen-bond acceptors (Lipinski definition) is 1. The molecule has 1 heterocycles. The summed E-state index contributed by atoms with van der Waals surface area (Å²) in [5.74, 6) is -0.388. The first kappa shape index (κ1) is 12.3. The van der Waals surface area contributed by atoms with Gasteiger partial charge in [-0.1, -0.05) is 12.5 Å². The van der Waals surface area contributed by atoms with Gasteiger partial charge >= 0.3 is 5.97 Å². The highest BCUT2D eigenvalue weighted by molar-refractivity contribution is 5.83. The second-order valence-corrected chi connectivity index (χ2v) is 5.64. The zero-order valence-corrected chi connectivity index (χ0v) is 11.2. The van der Waals surface area contributed by atoms with Crippen LogP contribution in [0.15, 0.2) is 30.5 Å². The Morgan fingerprint density at radius 1 is 1.42 bits per heavy atom. The van der Waals surface area contributed by atoms with Crippen LogP contribution in [0.2, 0.25) is 0 Å². The van der Waals surface area contributed by atoms with E-state index < -0.39 is 11.9 Å². The molecule has 1 aliphatic rings. The van der Waals surface area contributed by atoms with E-state index in [1.165, 1.54) is 24.8 Å². The standard InChI is InChI=1S/C16H19NO2/c1-11(16(18)19)13-5-6-15-14(9-13)7-8-17(15)10-12-3-2-4-12/h5-9,11-12H,2-4,10H2,1H3,(H,18,19). The van der Waals surface area contributed by atoms with E-state index in [2.05, 4.69) is 22.9 Å². The molecular weight excluding hydrogens is 238 g/mol. The van der Waals surface area contributed by atoms with Crippen LogP contribution in [0.25, 0.3) is 10.9 Å². The lowest BCUT2D eigenvalue weighted by atomic mass is 9.85. The minimum absolute atomic E-state index is 0.445. The third-order valence-electron chi connectivity index (χ3n) is 4.35. The topological polar surface area (TPSA) is 42.2 Å². The smallest absolute Gasteiger partial charge is 0.310 e. The predicted molar refractivity (Wildman–Crippen MR) is 75.3 cm³/mol. The van der Waals surface area contributed by atoms with Gasteiger partial charge in [-0.15, -0.1) is 0 Å². The monoisotopic (exact) mass is 257 g/mol. The van der Waals surface area contributed by atoms with Gasteiger partial charge in [0, 0.05) is 18.3 Å². The summed E-state index contributed by atoms with van der Waals surface area (Å²) >= 11 is 0. The van der Waals surface area contributed by atoms with Gasteiger partial charge in [-0.3, -0.25) is 4.79 Å². The lowest BCUT2D eigenvalue weighted by Crippen LogP contribution is -2.17. The van der Waals surface area contributed by atoms with E-state index >= 15 is 0 Å². The van der Waals surface area contributed by atoms with E-state index in [0.29, 0.717) is 0 Å². The van der Waals surface area contributed by atoms with Gasteiger partial charge in [-0.2, -0.15) is 0 Å². The van der Waals surface area contributed by atoms with Gasteiger partial charge in [0.15, 0.2) is 0 Å². The van der Waals surface area contributed by atoms with E-state index in [9.17, 15) is 4.79 Å². The van der Waals surface area contributed by atoms with Crippen molar-refractivity contribution in [2.75, 3.05) is 0 Å². The van der Waals surface area contributed by atoms with Crippen molar-refractivity contribution in [3.05, 3.63) is 36.0 Å². The van der Waals surface area contributed by atoms with Crippen LogP contribution < -0.4 is 0 Å². The second-order valence-electron chi connectivity index (χ2n) is 5.64. The van der Waals surface area contributed by atoms with Gasteiger partial charge in [0.1, 0.15) is 0 Å². The van der Waals surface area contributed by atoms with Crippen molar-refractivity contribution in [3.8, 4) is 0 Å². The van der Waals surface area contributed by atoms with Crippen molar-refractivity contribution in [1.82, 2.24) is 4.57 Å². The number of carbonyl (C=O) groups is 1. The maximum absolute atomic E-state index is 11.0. The molecule has 1 aromatic heterocycles. The molecule has 1 unspecified atom stereocenters. The Morgan fingerprint density at radius 3 is 2.84 bits per heavy atom. The number of carboxylic acid groups (broad SMARTS) is 1. The fourth-order valence-electron chi connectivity index (χ4n) is 2.74. The molecule has 1 saturated carbocycles. The van der Waals surface area contributed by atoms with Crippen LogP contribution in [0.4, 0.5) is 0 Å². The van der Waals surface area contributed by atoms with Crippen molar-refractivity contribution >= 4 is 16.9 Å². The summed E-state index contributed by atoms with van der Waals surface area (Å²) in [6.45, 7) is 2.83. The molecule has 3 heteroatoms. The van der Waals surface area contributed by atoms with Crippen LogP contribution in [-0.2, 0) is 11.3 Å². The average molecular weight is 257 g/mol. The van der Waals surface area contributed by atoms with Crippen LogP contribution in [0.3, 0.4) is 0 Å². The summed E-state index contributed by atoms with van der Waals surface area (Å²) in [7, 11) is 0. The lowest BCUT2D eigenvalue weighted by molar-refractivity contribution is -0.138. The second kappa shape index (κ2) is 4.72. The Balaban J connectivity index is 1.90.